The van der Waals surface area contributed by atoms with Crippen LogP contribution in [0.4, 0.5) is 0 Å². The second kappa shape index (κ2) is 7.09. The van der Waals surface area contributed by atoms with Crippen molar-refractivity contribution in [3.05, 3.63) is 69.2 Å². The van der Waals surface area contributed by atoms with Crippen molar-refractivity contribution in [2.24, 2.45) is 0 Å². The highest BCUT2D eigenvalue weighted by Crippen LogP contribution is 2.22. The van der Waals surface area contributed by atoms with Crippen LogP contribution >= 0.6 is 27.5 Å². The number of rotatable bonds is 5. The zero-order valence-electron chi connectivity index (χ0n) is 10.9. The van der Waals surface area contributed by atoms with Gasteiger partial charge in [0.05, 0.1) is 0 Å². The molecule has 100 valence electrons. The summed E-state index contributed by atoms with van der Waals surface area (Å²) in [5.74, 6) is 0. The Morgan fingerprint density at radius 1 is 1.16 bits per heavy atom. The van der Waals surface area contributed by atoms with Crippen LogP contribution in [0.3, 0.4) is 0 Å². The van der Waals surface area contributed by atoms with Gasteiger partial charge in [0.15, 0.2) is 0 Å². The van der Waals surface area contributed by atoms with Crippen molar-refractivity contribution >= 4 is 27.5 Å². The third kappa shape index (κ3) is 4.07. The average molecular weight is 339 g/mol. The maximum Gasteiger partial charge on any atom is 0.0409 e. The molecule has 0 aliphatic rings. The predicted octanol–water partition coefficient (Wildman–Crippen LogP) is 5.34. The van der Waals surface area contributed by atoms with Crippen LogP contribution in [-0.4, -0.2) is 0 Å². The fraction of sp³-hybridized carbons (Fsp3) is 0.250. The van der Waals surface area contributed by atoms with Crippen molar-refractivity contribution < 1.29 is 0 Å². The summed E-state index contributed by atoms with van der Waals surface area (Å²) in [6, 6.07) is 16.7. The lowest BCUT2D eigenvalue weighted by molar-refractivity contribution is 0.518. The van der Waals surface area contributed by atoms with Gasteiger partial charge in [-0.1, -0.05) is 64.8 Å². The van der Waals surface area contributed by atoms with Crippen molar-refractivity contribution in [2.75, 3.05) is 0 Å². The first kappa shape index (κ1) is 14.6. The van der Waals surface area contributed by atoms with Crippen LogP contribution in [-0.2, 0) is 6.54 Å². The van der Waals surface area contributed by atoms with Gasteiger partial charge in [-0.05, 0) is 35.7 Å². The first-order valence-corrected chi connectivity index (χ1v) is 7.60. The van der Waals surface area contributed by atoms with Crippen LogP contribution in [0, 0.1) is 0 Å². The Morgan fingerprint density at radius 3 is 2.63 bits per heavy atom. The summed E-state index contributed by atoms with van der Waals surface area (Å²) < 4.78 is 1.14. The molecule has 0 aromatic heterocycles. The van der Waals surface area contributed by atoms with Gasteiger partial charge in [-0.3, -0.25) is 0 Å². The summed E-state index contributed by atoms with van der Waals surface area (Å²) in [7, 11) is 0. The molecule has 1 N–H and O–H groups in total. The van der Waals surface area contributed by atoms with Crippen molar-refractivity contribution in [1.82, 2.24) is 5.32 Å². The number of hydrogen-bond acceptors (Lipinski definition) is 1. The van der Waals surface area contributed by atoms with Gasteiger partial charge in [-0.15, -0.1) is 0 Å². The molecular weight excluding hydrogens is 322 g/mol. The minimum absolute atomic E-state index is 0.325. The molecule has 1 atom stereocenters. The van der Waals surface area contributed by atoms with E-state index in [0.717, 1.165) is 22.5 Å². The van der Waals surface area contributed by atoms with Crippen LogP contribution in [0.25, 0.3) is 0 Å². The molecule has 2 aromatic carbocycles. The molecule has 1 unspecified atom stereocenters. The fourth-order valence-electron chi connectivity index (χ4n) is 2.10. The van der Waals surface area contributed by atoms with Gasteiger partial charge in [0.25, 0.3) is 0 Å². The zero-order valence-corrected chi connectivity index (χ0v) is 13.2. The first-order chi connectivity index (χ1) is 9.20. The normalized spacial score (nSPS) is 12.4. The molecule has 0 fully saturated rings. The van der Waals surface area contributed by atoms with Crippen LogP contribution in [0.15, 0.2) is 53.0 Å². The molecule has 2 rings (SSSR count). The molecular formula is C16H17BrClN. The standard InChI is InChI=1S/C16H17BrClN/c1-2-16(12-7-5-8-14(18)10-12)19-11-13-6-3-4-9-15(13)17/h3-10,16,19H,2,11H2,1H3. The van der Waals surface area contributed by atoms with Crippen LogP contribution in [0.2, 0.25) is 5.02 Å². The maximum absolute atomic E-state index is 6.05. The molecule has 0 saturated heterocycles. The average Bonchev–Trinajstić information content (AvgIpc) is 2.41. The van der Waals surface area contributed by atoms with E-state index in [1.807, 2.05) is 24.3 Å². The van der Waals surface area contributed by atoms with Crippen molar-refractivity contribution in [3.63, 3.8) is 0 Å². The topological polar surface area (TPSA) is 12.0 Å². The van der Waals surface area contributed by atoms with E-state index in [1.165, 1.54) is 11.1 Å². The monoisotopic (exact) mass is 337 g/mol. The second-order valence-electron chi connectivity index (χ2n) is 4.49. The van der Waals surface area contributed by atoms with E-state index in [4.69, 9.17) is 11.6 Å². The smallest absolute Gasteiger partial charge is 0.0409 e. The lowest BCUT2D eigenvalue weighted by Gasteiger charge is -2.18. The largest absolute Gasteiger partial charge is 0.306 e. The lowest BCUT2D eigenvalue weighted by atomic mass is 10.0. The third-order valence-electron chi connectivity index (χ3n) is 3.16. The van der Waals surface area contributed by atoms with Crippen molar-refractivity contribution in [3.8, 4) is 0 Å². The van der Waals surface area contributed by atoms with Crippen LogP contribution in [0.5, 0.6) is 0 Å². The molecule has 2 aromatic rings. The summed E-state index contributed by atoms with van der Waals surface area (Å²) >= 11 is 9.63. The van der Waals surface area contributed by atoms with Gasteiger partial charge in [-0.2, -0.15) is 0 Å². The highest BCUT2D eigenvalue weighted by Gasteiger charge is 2.09. The third-order valence-corrected chi connectivity index (χ3v) is 4.16. The Labute approximate surface area is 128 Å². The van der Waals surface area contributed by atoms with Gasteiger partial charge in [0.1, 0.15) is 0 Å². The minimum atomic E-state index is 0.325. The minimum Gasteiger partial charge on any atom is -0.306 e. The number of benzene rings is 2. The Morgan fingerprint density at radius 2 is 1.95 bits per heavy atom. The first-order valence-electron chi connectivity index (χ1n) is 6.43. The summed E-state index contributed by atoms with van der Waals surface area (Å²) in [5.41, 5.74) is 2.50. The molecule has 0 aliphatic carbocycles. The van der Waals surface area contributed by atoms with Crippen LogP contribution < -0.4 is 5.32 Å². The summed E-state index contributed by atoms with van der Waals surface area (Å²) in [6.45, 7) is 3.02. The summed E-state index contributed by atoms with van der Waals surface area (Å²) in [6.07, 6.45) is 1.03. The van der Waals surface area contributed by atoms with Gasteiger partial charge in [0.2, 0.25) is 0 Å². The van der Waals surface area contributed by atoms with Gasteiger partial charge in [-0.25, -0.2) is 0 Å². The zero-order chi connectivity index (χ0) is 13.7. The Balaban J connectivity index is 2.06. The highest BCUT2D eigenvalue weighted by atomic mass is 79.9. The molecule has 3 heteroatoms. The molecule has 0 radical (unpaired) electrons. The number of hydrogen-bond donors (Lipinski definition) is 1. The highest BCUT2D eigenvalue weighted by molar-refractivity contribution is 9.10. The Hall–Kier alpha value is -0.830. The van der Waals surface area contributed by atoms with E-state index >= 15 is 0 Å². The molecule has 1 nitrogen and oxygen atoms in total. The SMILES string of the molecule is CCC(NCc1ccccc1Br)c1cccc(Cl)c1. The summed E-state index contributed by atoms with van der Waals surface area (Å²) in [4.78, 5) is 0. The molecule has 0 aliphatic heterocycles. The van der Waals surface area contributed by atoms with Gasteiger partial charge >= 0.3 is 0 Å². The number of halogens is 2. The molecule has 0 amide bonds. The van der Waals surface area contributed by atoms with Gasteiger partial charge < -0.3 is 5.32 Å². The van der Waals surface area contributed by atoms with Crippen molar-refractivity contribution in [2.45, 2.75) is 25.9 Å². The molecule has 0 saturated carbocycles. The van der Waals surface area contributed by atoms with Gasteiger partial charge in [0, 0.05) is 22.1 Å². The van der Waals surface area contributed by atoms with E-state index < -0.39 is 0 Å². The Kier molecular flexibility index (Phi) is 5.44. The second-order valence-corrected chi connectivity index (χ2v) is 5.78. The predicted molar refractivity (Wildman–Crippen MR) is 85.5 cm³/mol. The summed E-state index contributed by atoms with van der Waals surface area (Å²) in [5, 5.41) is 4.37. The molecule has 0 spiro atoms. The lowest BCUT2D eigenvalue weighted by Crippen LogP contribution is -2.20. The fourth-order valence-corrected chi connectivity index (χ4v) is 2.72. The van der Waals surface area contributed by atoms with Crippen LogP contribution in [0.1, 0.15) is 30.5 Å². The quantitative estimate of drug-likeness (QED) is 0.775. The van der Waals surface area contributed by atoms with Crippen molar-refractivity contribution in [1.29, 1.82) is 0 Å². The van der Waals surface area contributed by atoms with E-state index in [9.17, 15) is 0 Å². The van der Waals surface area contributed by atoms with E-state index in [1.54, 1.807) is 0 Å². The van der Waals surface area contributed by atoms with E-state index in [0.29, 0.717) is 6.04 Å². The number of nitrogens with one attached hydrogen (secondary N) is 1. The molecule has 19 heavy (non-hydrogen) atoms. The van der Waals surface area contributed by atoms with E-state index in [2.05, 4.69) is 52.4 Å². The molecule has 0 heterocycles. The molecule has 0 bridgehead atoms. The van der Waals surface area contributed by atoms with E-state index in [-0.39, 0.29) is 0 Å². The maximum atomic E-state index is 6.05. The Bertz CT molecular complexity index is 542.